The van der Waals surface area contributed by atoms with E-state index in [-0.39, 0.29) is 23.0 Å². The number of hydrogen-bond donors (Lipinski definition) is 1. The van der Waals surface area contributed by atoms with Gasteiger partial charge in [-0.25, -0.2) is 9.59 Å². The van der Waals surface area contributed by atoms with Gasteiger partial charge in [0.15, 0.2) is 0 Å². The van der Waals surface area contributed by atoms with Gasteiger partial charge in [-0.2, -0.15) is 0 Å². The van der Waals surface area contributed by atoms with Gasteiger partial charge in [-0.15, -0.1) is 0 Å². The topological polar surface area (TPSA) is 81.7 Å². The summed E-state index contributed by atoms with van der Waals surface area (Å²) >= 11 is 0. The van der Waals surface area contributed by atoms with Crippen LogP contribution in [0.1, 0.15) is 18.1 Å². The predicted molar refractivity (Wildman–Crippen MR) is 121 cm³/mol. The highest BCUT2D eigenvalue weighted by atomic mass is 16.5. The van der Waals surface area contributed by atoms with E-state index in [2.05, 4.69) is 5.32 Å². The molecule has 2 aromatic carbocycles. The molecule has 0 saturated heterocycles. The number of hydrogen-bond acceptors (Lipinski definition) is 5. The van der Waals surface area contributed by atoms with Crippen LogP contribution in [0.3, 0.4) is 0 Å². The van der Waals surface area contributed by atoms with Crippen LogP contribution in [-0.2, 0) is 36.7 Å². The van der Waals surface area contributed by atoms with Crippen molar-refractivity contribution in [1.82, 2.24) is 5.32 Å². The fourth-order valence-electron chi connectivity index (χ4n) is 4.09. The van der Waals surface area contributed by atoms with Crippen LogP contribution in [0, 0.1) is 5.92 Å². The number of nitrogens with one attached hydrogen (secondary N) is 1. The predicted octanol–water partition coefficient (Wildman–Crippen LogP) is 3.18. The Balaban J connectivity index is 2.16. The fraction of sp³-hybridized carbons (Fsp3) is 0.269. The molecule has 166 valence electrons. The Kier molecular flexibility index (Phi) is 7.60. The molecule has 0 aliphatic heterocycles. The SMILES string of the molecule is COC(=O)C1=C(C(=O)OC)[C@H](NC(C)=O)[C@@H](Cc2ccccc2)C=C1Cc1ccccc1. The molecule has 0 bridgehead atoms. The van der Waals surface area contributed by atoms with Crippen molar-refractivity contribution in [2.75, 3.05) is 14.2 Å². The molecular weight excluding hydrogens is 406 g/mol. The third-order valence-corrected chi connectivity index (χ3v) is 5.45. The monoisotopic (exact) mass is 433 g/mol. The molecule has 1 aliphatic carbocycles. The highest BCUT2D eigenvalue weighted by molar-refractivity contribution is 6.05. The molecule has 1 N–H and O–H groups in total. The van der Waals surface area contributed by atoms with E-state index in [4.69, 9.17) is 9.47 Å². The Morgan fingerprint density at radius 3 is 1.94 bits per heavy atom. The van der Waals surface area contributed by atoms with Crippen LogP contribution in [0.25, 0.3) is 0 Å². The van der Waals surface area contributed by atoms with Crippen molar-refractivity contribution in [3.05, 3.63) is 94.6 Å². The molecule has 0 saturated carbocycles. The fourth-order valence-corrected chi connectivity index (χ4v) is 4.09. The maximum absolute atomic E-state index is 12.9. The van der Waals surface area contributed by atoms with E-state index in [0.29, 0.717) is 18.4 Å². The maximum Gasteiger partial charge on any atom is 0.338 e. The Morgan fingerprint density at radius 1 is 0.844 bits per heavy atom. The van der Waals surface area contributed by atoms with Crippen molar-refractivity contribution in [1.29, 1.82) is 0 Å². The lowest BCUT2D eigenvalue weighted by atomic mass is 9.76. The quantitative estimate of drug-likeness (QED) is 0.679. The third-order valence-electron chi connectivity index (χ3n) is 5.45. The minimum atomic E-state index is -0.728. The number of methoxy groups -OCH3 is 2. The van der Waals surface area contributed by atoms with Crippen LogP contribution in [-0.4, -0.2) is 38.1 Å². The summed E-state index contributed by atoms with van der Waals surface area (Å²) in [7, 11) is 2.53. The number of rotatable bonds is 7. The summed E-state index contributed by atoms with van der Waals surface area (Å²) in [6.07, 6.45) is 2.97. The van der Waals surface area contributed by atoms with Crippen molar-refractivity contribution in [3.8, 4) is 0 Å². The van der Waals surface area contributed by atoms with Gasteiger partial charge in [-0.3, -0.25) is 4.79 Å². The number of esters is 2. The van der Waals surface area contributed by atoms with Crippen LogP contribution < -0.4 is 5.32 Å². The van der Waals surface area contributed by atoms with E-state index in [9.17, 15) is 14.4 Å². The first-order chi connectivity index (χ1) is 15.4. The summed E-state index contributed by atoms with van der Waals surface area (Å²) in [6.45, 7) is 1.38. The molecule has 2 atom stereocenters. The minimum Gasteiger partial charge on any atom is -0.466 e. The second kappa shape index (κ2) is 10.6. The van der Waals surface area contributed by atoms with Crippen molar-refractivity contribution in [2.24, 2.45) is 5.92 Å². The number of ether oxygens (including phenoxy) is 2. The highest BCUT2D eigenvalue weighted by Crippen LogP contribution is 2.35. The Hall–Kier alpha value is -3.67. The molecule has 6 heteroatoms. The van der Waals surface area contributed by atoms with Gasteiger partial charge in [0.1, 0.15) is 0 Å². The first-order valence-electron chi connectivity index (χ1n) is 10.4. The number of amides is 1. The van der Waals surface area contributed by atoms with Gasteiger partial charge < -0.3 is 14.8 Å². The van der Waals surface area contributed by atoms with E-state index in [0.717, 1.165) is 11.1 Å². The second-order valence-corrected chi connectivity index (χ2v) is 7.66. The van der Waals surface area contributed by atoms with E-state index in [1.165, 1.54) is 21.1 Å². The largest absolute Gasteiger partial charge is 0.466 e. The van der Waals surface area contributed by atoms with Gasteiger partial charge in [0.05, 0.1) is 31.4 Å². The second-order valence-electron chi connectivity index (χ2n) is 7.66. The van der Waals surface area contributed by atoms with Crippen molar-refractivity contribution >= 4 is 17.8 Å². The molecule has 0 spiro atoms. The van der Waals surface area contributed by atoms with Gasteiger partial charge in [0.25, 0.3) is 0 Å². The Bertz CT molecular complexity index is 1040. The zero-order chi connectivity index (χ0) is 23.1. The molecule has 1 amide bonds. The van der Waals surface area contributed by atoms with Gasteiger partial charge in [-0.1, -0.05) is 66.7 Å². The van der Waals surface area contributed by atoms with Crippen molar-refractivity contribution in [3.63, 3.8) is 0 Å². The Labute approximate surface area is 187 Å². The first kappa shape index (κ1) is 23.0. The number of benzene rings is 2. The molecule has 0 unspecified atom stereocenters. The molecular formula is C26H27NO5. The average molecular weight is 434 g/mol. The summed E-state index contributed by atoms with van der Waals surface area (Å²) in [4.78, 5) is 37.8. The lowest BCUT2D eigenvalue weighted by molar-refractivity contribution is -0.139. The molecule has 2 aromatic rings. The van der Waals surface area contributed by atoms with Crippen LogP contribution >= 0.6 is 0 Å². The molecule has 0 aromatic heterocycles. The van der Waals surface area contributed by atoms with Gasteiger partial charge in [0, 0.05) is 12.8 Å². The summed E-state index contributed by atoms with van der Waals surface area (Å²) < 4.78 is 10.1. The smallest absolute Gasteiger partial charge is 0.338 e. The van der Waals surface area contributed by atoms with Crippen LogP contribution in [0.5, 0.6) is 0 Å². The summed E-state index contributed by atoms with van der Waals surface area (Å²) in [5.74, 6) is -1.87. The molecule has 3 rings (SSSR count). The standard InChI is InChI=1S/C26H27NO5/c1-17(28)27-24-21(15-19-12-8-5-9-13-19)16-20(14-18-10-6-4-7-11-18)22(25(29)31-2)23(24)26(30)32-3/h4-13,16,21,24H,14-15H2,1-3H3,(H,27,28)/t21-,24+/m0/s1. The van der Waals surface area contributed by atoms with Gasteiger partial charge in [0.2, 0.25) is 5.91 Å². The van der Waals surface area contributed by atoms with Crippen molar-refractivity contribution in [2.45, 2.75) is 25.8 Å². The van der Waals surface area contributed by atoms with Crippen LogP contribution in [0.15, 0.2) is 83.5 Å². The van der Waals surface area contributed by atoms with Gasteiger partial charge >= 0.3 is 11.9 Å². The molecule has 6 nitrogen and oxygen atoms in total. The van der Waals surface area contributed by atoms with E-state index in [1.807, 2.05) is 66.7 Å². The summed E-state index contributed by atoms with van der Waals surface area (Å²) in [5, 5.41) is 2.86. The molecule has 0 heterocycles. The van der Waals surface area contributed by atoms with Crippen molar-refractivity contribution < 1.29 is 23.9 Å². The van der Waals surface area contributed by atoms with Crippen LogP contribution in [0.4, 0.5) is 0 Å². The van der Waals surface area contributed by atoms with E-state index < -0.39 is 18.0 Å². The summed E-state index contributed by atoms with van der Waals surface area (Å²) in [5.41, 5.74) is 2.97. The first-order valence-corrected chi connectivity index (χ1v) is 10.4. The van der Waals surface area contributed by atoms with E-state index in [1.54, 1.807) is 0 Å². The normalized spacial score (nSPS) is 17.9. The zero-order valence-corrected chi connectivity index (χ0v) is 18.5. The number of carbonyl (C=O) groups is 3. The third kappa shape index (κ3) is 5.32. The maximum atomic E-state index is 12.9. The van der Waals surface area contributed by atoms with Crippen LogP contribution in [0.2, 0.25) is 0 Å². The molecule has 0 radical (unpaired) electrons. The minimum absolute atomic E-state index is 0.115. The lowest BCUT2D eigenvalue weighted by Crippen LogP contribution is -2.46. The average Bonchev–Trinajstić information content (AvgIpc) is 2.80. The molecule has 1 aliphatic rings. The summed E-state index contributed by atoms with van der Waals surface area (Å²) in [6, 6.07) is 18.7. The number of carbonyl (C=O) groups excluding carboxylic acids is 3. The zero-order valence-electron chi connectivity index (χ0n) is 18.5. The molecule has 32 heavy (non-hydrogen) atoms. The molecule has 0 fully saturated rings. The lowest BCUT2D eigenvalue weighted by Gasteiger charge is -2.33. The van der Waals surface area contributed by atoms with Gasteiger partial charge in [-0.05, 0) is 29.5 Å². The van der Waals surface area contributed by atoms with E-state index >= 15 is 0 Å². The highest BCUT2D eigenvalue weighted by Gasteiger charge is 2.39. The Morgan fingerprint density at radius 2 is 1.41 bits per heavy atom.